The van der Waals surface area contributed by atoms with Gasteiger partial charge in [0.1, 0.15) is 0 Å². The number of nitrogens with one attached hydrogen (secondary N) is 1. The topological polar surface area (TPSA) is 58.2 Å². The van der Waals surface area contributed by atoms with E-state index in [-0.39, 0.29) is 11.9 Å². The summed E-state index contributed by atoms with van der Waals surface area (Å²) < 4.78 is 5.61. The summed E-state index contributed by atoms with van der Waals surface area (Å²) in [6, 6.07) is 12.0. The Hall–Kier alpha value is -2.44. The van der Waals surface area contributed by atoms with Crippen molar-refractivity contribution < 1.29 is 9.53 Å². The number of aromatic amines is 1. The average Bonchev–Trinajstić information content (AvgIpc) is 3.33. The van der Waals surface area contributed by atoms with Crippen molar-refractivity contribution in [3.8, 4) is 10.4 Å². The highest BCUT2D eigenvalue weighted by atomic mass is 32.1. The molecule has 0 aliphatic carbocycles. The third-order valence-corrected chi connectivity index (χ3v) is 5.18. The van der Waals surface area contributed by atoms with Crippen LogP contribution in [0.3, 0.4) is 0 Å². The van der Waals surface area contributed by atoms with Crippen molar-refractivity contribution >= 4 is 17.2 Å². The van der Waals surface area contributed by atoms with E-state index in [1.165, 1.54) is 0 Å². The first-order valence-electron chi connectivity index (χ1n) is 7.84. The minimum absolute atomic E-state index is 0.0373. The molecule has 1 amide bonds. The molecule has 1 atom stereocenters. The first kappa shape index (κ1) is 15.1. The first-order chi connectivity index (χ1) is 11.8. The van der Waals surface area contributed by atoms with E-state index in [4.69, 9.17) is 4.74 Å². The second kappa shape index (κ2) is 6.59. The summed E-state index contributed by atoms with van der Waals surface area (Å²) in [7, 11) is 0. The summed E-state index contributed by atoms with van der Waals surface area (Å²) in [6.07, 6.45) is 3.60. The van der Waals surface area contributed by atoms with Gasteiger partial charge in [0.2, 0.25) is 0 Å². The zero-order valence-electron chi connectivity index (χ0n) is 13.0. The van der Waals surface area contributed by atoms with Crippen molar-refractivity contribution in [1.29, 1.82) is 0 Å². The van der Waals surface area contributed by atoms with Crippen LogP contribution in [0.15, 0.2) is 54.2 Å². The smallest absolute Gasteiger partial charge is 0.255 e. The van der Waals surface area contributed by atoms with Gasteiger partial charge in [0.05, 0.1) is 31.0 Å². The summed E-state index contributed by atoms with van der Waals surface area (Å²) in [5.74, 6) is 0.0538. The molecule has 0 radical (unpaired) electrons. The highest BCUT2D eigenvalue weighted by molar-refractivity contribution is 7.13. The molecule has 122 valence electrons. The Morgan fingerprint density at radius 3 is 3.00 bits per heavy atom. The van der Waals surface area contributed by atoms with E-state index in [9.17, 15) is 4.79 Å². The molecule has 3 heterocycles. The van der Waals surface area contributed by atoms with Gasteiger partial charge in [-0.3, -0.25) is 9.89 Å². The predicted molar refractivity (Wildman–Crippen MR) is 92.9 cm³/mol. The average molecular weight is 339 g/mol. The number of rotatable bonds is 3. The molecule has 5 nitrogen and oxygen atoms in total. The summed E-state index contributed by atoms with van der Waals surface area (Å²) in [5, 5.41) is 8.69. The molecular formula is C18H17N3O2S. The van der Waals surface area contributed by atoms with Crippen LogP contribution in [-0.2, 0) is 4.74 Å². The van der Waals surface area contributed by atoms with Gasteiger partial charge in [-0.15, -0.1) is 11.3 Å². The van der Waals surface area contributed by atoms with Gasteiger partial charge >= 0.3 is 0 Å². The van der Waals surface area contributed by atoms with E-state index >= 15 is 0 Å². The zero-order valence-corrected chi connectivity index (χ0v) is 13.8. The zero-order chi connectivity index (χ0) is 16.4. The van der Waals surface area contributed by atoms with Crippen molar-refractivity contribution in [3.05, 3.63) is 65.3 Å². The normalized spacial score (nSPS) is 17.8. The van der Waals surface area contributed by atoms with Crippen LogP contribution < -0.4 is 0 Å². The number of aromatic nitrogens is 2. The number of morpholine rings is 1. The Morgan fingerprint density at radius 2 is 2.21 bits per heavy atom. The van der Waals surface area contributed by atoms with Gasteiger partial charge in [-0.1, -0.05) is 30.3 Å². The van der Waals surface area contributed by atoms with E-state index in [2.05, 4.69) is 10.2 Å². The molecule has 6 heteroatoms. The molecule has 1 aliphatic heterocycles. The predicted octanol–water partition coefficient (Wildman–Crippen LogP) is 3.35. The minimum atomic E-state index is -0.0373. The van der Waals surface area contributed by atoms with E-state index in [1.54, 1.807) is 17.5 Å². The Morgan fingerprint density at radius 1 is 1.33 bits per heavy atom. The lowest BCUT2D eigenvalue weighted by Gasteiger charge is -2.35. The van der Waals surface area contributed by atoms with Crippen LogP contribution in [0.5, 0.6) is 0 Å². The Kier molecular flexibility index (Phi) is 4.15. The molecule has 1 fully saturated rings. The van der Waals surface area contributed by atoms with Crippen LogP contribution in [0.4, 0.5) is 0 Å². The summed E-state index contributed by atoms with van der Waals surface area (Å²) in [5.41, 5.74) is 2.83. The number of amides is 1. The molecule has 4 rings (SSSR count). The van der Waals surface area contributed by atoms with Crippen LogP contribution in [0.2, 0.25) is 0 Å². The first-order valence-corrected chi connectivity index (χ1v) is 8.72. The molecule has 1 unspecified atom stereocenters. The maximum atomic E-state index is 13.0. The third-order valence-electron chi connectivity index (χ3n) is 4.20. The minimum Gasteiger partial charge on any atom is -0.377 e. The number of ether oxygens (including phenoxy) is 1. The lowest BCUT2D eigenvalue weighted by molar-refractivity contribution is -0.00266. The Bertz CT molecular complexity index is 814. The fourth-order valence-corrected chi connectivity index (χ4v) is 3.81. The van der Waals surface area contributed by atoms with Gasteiger partial charge in [0.15, 0.2) is 0 Å². The molecule has 0 saturated carbocycles. The number of carbonyl (C=O) groups excluding carboxylic acids is 1. The Labute approximate surface area is 143 Å². The van der Waals surface area contributed by atoms with Crippen LogP contribution in [-0.4, -0.2) is 40.8 Å². The highest BCUT2D eigenvalue weighted by Gasteiger charge is 2.29. The van der Waals surface area contributed by atoms with Gasteiger partial charge < -0.3 is 9.64 Å². The highest BCUT2D eigenvalue weighted by Crippen LogP contribution is 2.30. The maximum Gasteiger partial charge on any atom is 0.255 e. The van der Waals surface area contributed by atoms with Crippen molar-refractivity contribution in [2.45, 2.75) is 6.04 Å². The quantitative estimate of drug-likeness (QED) is 0.796. The second-order valence-electron chi connectivity index (χ2n) is 5.69. The monoisotopic (exact) mass is 339 g/mol. The van der Waals surface area contributed by atoms with Gasteiger partial charge in [-0.2, -0.15) is 5.10 Å². The summed E-state index contributed by atoms with van der Waals surface area (Å²) in [6.45, 7) is 1.72. The van der Waals surface area contributed by atoms with Gasteiger partial charge in [-0.05, 0) is 11.6 Å². The number of hydrogen-bond donors (Lipinski definition) is 1. The number of hydrogen-bond acceptors (Lipinski definition) is 4. The molecule has 1 N–H and O–H groups in total. The lowest BCUT2D eigenvalue weighted by Crippen LogP contribution is -2.43. The lowest BCUT2D eigenvalue weighted by atomic mass is 10.0. The van der Waals surface area contributed by atoms with Crippen molar-refractivity contribution in [2.24, 2.45) is 0 Å². The molecule has 1 saturated heterocycles. The van der Waals surface area contributed by atoms with E-state index < -0.39 is 0 Å². The van der Waals surface area contributed by atoms with Crippen molar-refractivity contribution in [3.63, 3.8) is 0 Å². The molecule has 1 aromatic carbocycles. The summed E-state index contributed by atoms with van der Waals surface area (Å²) >= 11 is 1.56. The van der Waals surface area contributed by atoms with E-state index in [1.807, 2.05) is 52.9 Å². The van der Waals surface area contributed by atoms with Crippen molar-refractivity contribution in [1.82, 2.24) is 15.1 Å². The number of benzene rings is 1. The fraction of sp³-hybridized carbons (Fsp3) is 0.222. The number of thiophene rings is 1. The van der Waals surface area contributed by atoms with Crippen LogP contribution in [0.25, 0.3) is 10.4 Å². The molecule has 1 aliphatic rings. The number of H-pyrrole nitrogens is 1. The third kappa shape index (κ3) is 2.86. The van der Waals surface area contributed by atoms with E-state index in [0.717, 1.165) is 21.6 Å². The number of carbonyl (C=O) groups is 1. The largest absolute Gasteiger partial charge is 0.377 e. The van der Waals surface area contributed by atoms with Gasteiger partial charge in [0, 0.05) is 28.6 Å². The maximum absolute atomic E-state index is 13.0. The Balaban J connectivity index is 1.60. The van der Waals surface area contributed by atoms with Crippen LogP contribution >= 0.6 is 11.3 Å². The van der Waals surface area contributed by atoms with Gasteiger partial charge in [0.25, 0.3) is 5.91 Å². The molecule has 24 heavy (non-hydrogen) atoms. The molecule has 2 aromatic heterocycles. The molecule has 0 bridgehead atoms. The molecule has 0 spiro atoms. The molecule has 3 aromatic rings. The number of nitrogens with zero attached hydrogens (tertiary/aromatic N) is 2. The summed E-state index contributed by atoms with van der Waals surface area (Å²) in [4.78, 5) is 16.0. The van der Waals surface area contributed by atoms with Gasteiger partial charge in [-0.25, -0.2) is 0 Å². The SMILES string of the molecule is O=C(c1csc(-c2cn[nH]c2)c1)N1CCOCC1c1ccccc1. The van der Waals surface area contributed by atoms with E-state index in [0.29, 0.717) is 19.8 Å². The second-order valence-corrected chi connectivity index (χ2v) is 6.60. The molecular weight excluding hydrogens is 322 g/mol. The van der Waals surface area contributed by atoms with Crippen LogP contribution in [0.1, 0.15) is 22.0 Å². The van der Waals surface area contributed by atoms with Crippen molar-refractivity contribution in [2.75, 3.05) is 19.8 Å². The van der Waals surface area contributed by atoms with Crippen LogP contribution in [0, 0.1) is 0 Å². The standard InChI is InChI=1S/C18H17N3O2S/c22-18(14-8-17(24-12-14)15-9-19-20-10-15)21-6-7-23-11-16(21)13-4-2-1-3-5-13/h1-5,8-10,12,16H,6-7,11H2,(H,19,20). The fourth-order valence-electron chi connectivity index (χ4n) is 2.95.